The number of carbonyl (C=O) groups excluding carboxylic acids is 3. The number of nitrogens with one attached hydrogen (secondary N) is 4. The summed E-state index contributed by atoms with van der Waals surface area (Å²) >= 11 is 0. The Hall–Kier alpha value is -1.67. The van der Waals surface area contributed by atoms with Crippen LogP contribution in [0.1, 0.15) is 13.8 Å². The third-order valence-electron chi connectivity index (χ3n) is 3.28. The lowest BCUT2D eigenvalue weighted by Crippen LogP contribution is -2.63. The number of amides is 4. The van der Waals surface area contributed by atoms with Crippen molar-refractivity contribution >= 4 is 17.8 Å². The van der Waals surface area contributed by atoms with Gasteiger partial charge in [0.1, 0.15) is 6.04 Å². The molecule has 1 aliphatic heterocycles. The Labute approximate surface area is 118 Å². The quantitative estimate of drug-likeness (QED) is 0.490. The standard InChI is InChI=1S/C12H23N5O3/c1-4-15-11(19)9-7-14-5-6-17(9)8(2)10(18)16-12(20)13-3/h8-9,14H,4-7H2,1-3H3,(H,15,19)(H2,13,16,18,20). The van der Waals surface area contributed by atoms with Gasteiger partial charge in [0, 0.05) is 33.2 Å². The Morgan fingerprint density at radius 2 is 2.10 bits per heavy atom. The molecule has 4 amide bonds. The van der Waals surface area contributed by atoms with Crippen molar-refractivity contribution < 1.29 is 14.4 Å². The average Bonchev–Trinajstić information content (AvgIpc) is 2.46. The average molecular weight is 285 g/mol. The Morgan fingerprint density at radius 3 is 2.70 bits per heavy atom. The van der Waals surface area contributed by atoms with Crippen LogP contribution in [0.2, 0.25) is 0 Å². The lowest BCUT2D eigenvalue weighted by molar-refractivity contribution is -0.132. The molecule has 1 heterocycles. The zero-order valence-electron chi connectivity index (χ0n) is 12.2. The van der Waals surface area contributed by atoms with Gasteiger partial charge in [0.25, 0.3) is 0 Å². The van der Waals surface area contributed by atoms with Crippen LogP contribution in [-0.2, 0) is 9.59 Å². The molecular weight excluding hydrogens is 262 g/mol. The summed E-state index contributed by atoms with van der Waals surface area (Å²) < 4.78 is 0. The van der Waals surface area contributed by atoms with Gasteiger partial charge in [-0.15, -0.1) is 0 Å². The summed E-state index contributed by atoms with van der Waals surface area (Å²) in [5, 5.41) is 10.5. The number of piperazine rings is 1. The van der Waals surface area contributed by atoms with Crippen molar-refractivity contribution in [2.24, 2.45) is 0 Å². The van der Waals surface area contributed by atoms with E-state index in [1.165, 1.54) is 7.05 Å². The van der Waals surface area contributed by atoms with Gasteiger partial charge in [-0.25, -0.2) is 4.79 Å². The van der Waals surface area contributed by atoms with Crippen LogP contribution in [0.4, 0.5) is 4.79 Å². The second-order valence-corrected chi connectivity index (χ2v) is 4.60. The Balaban J connectivity index is 2.71. The van der Waals surface area contributed by atoms with Crippen molar-refractivity contribution in [3.8, 4) is 0 Å². The molecule has 0 spiro atoms. The highest BCUT2D eigenvalue weighted by atomic mass is 16.2. The molecule has 0 aliphatic carbocycles. The minimum atomic E-state index is -0.554. The number of carbonyl (C=O) groups is 3. The molecule has 0 aromatic heterocycles. The van der Waals surface area contributed by atoms with Gasteiger partial charge in [-0.3, -0.25) is 19.8 Å². The molecule has 0 radical (unpaired) electrons. The topological polar surface area (TPSA) is 103 Å². The van der Waals surface area contributed by atoms with Crippen LogP contribution in [0.15, 0.2) is 0 Å². The number of likely N-dealkylation sites (N-methyl/N-ethyl adjacent to an activating group) is 1. The minimum Gasteiger partial charge on any atom is -0.355 e. The molecule has 0 aromatic carbocycles. The van der Waals surface area contributed by atoms with E-state index in [0.29, 0.717) is 26.2 Å². The summed E-state index contributed by atoms with van der Waals surface area (Å²) in [5.74, 6) is -0.528. The van der Waals surface area contributed by atoms with Crippen LogP contribution in [0.5, 0.6) is 0 Å². The summed E-state index contributed by atoms with van der Waals surface area (Å²) in [6, 6.07) is -1.51. The van der Waals surface area contributed by atoms with E-state index in [2.05, 4.69) is 21.3 Å². The molecule has 0 aromatic rings. The summed E-state index contributed by atoms with van der Waals surface area (Å²) in [5.41, 5.74) is 0. The minimum absolute atomic E-state index is 0.112. The Bertz CT molecular complexity index is 374. The van der Waals surface area contributed by atoms with Crippen LogP contribution in [0, 0.1) is 0 Å². The summed E-state index contributed by atoms with van der Waals surface area (Å²) in [4.78, 5) is 37.0. The largest absolute Gasteiger partial charge is 0.355 e. The van der Waals surface area contributed by atoms with Crippen molar-refractivity contribution in [1.29, 1.82) is 0 Å². The van der Waals surface area contributed by atoms with Gasteiger partial charge in [0.05, 0.1) is 6.04 Å². The smallest absolute Gasteiger partial charge is 0.321 e. The van der Waals surface area contributed by atoms with E-state index in [1.807, 2.05) is 6.92 Å². The first-order valence-electron chi connectivity index (χ1n) is 6.78. The molecule has 1 fully saturated rings. The monoisotopic (exact) mass is 285 g/mol. The lowest BCUT2D eigenvalue weighted by atomic mass is 10.1. The number of urea groups is 1. The van der Waals surface area contributed by atoms with Gasteiger partial charge in [0.2, 0.25) is 11.8 Å². The third kappa shape index (κ3) is 4.17. The normalized spacial score (nSPS) is 20.9. The van der Waals surface area contributed by atoms with Gasteiger partial charge in [-0.05, 0) is 13.8 Å². The van der Waals surface area contributed by atoms with Crippen LogP contribution in [-0.4, -0.2) is 68.1 Å². The number of hydrogen-bond acceptors (Lipinski definition) is 5. The molecule has 2 atom stereocenters. The maximum Gasteiger partial charge on any atom is 0.321 e. The van der Waals surface area contributed by atoms with Crippen molar-refractivity contribution in [1.82, 2.24) is 26.2 Å². The first-order chi connectivity index (χ1) is 9.51. The van der Waals surface area contributed by atoms with Gasteiger partial charge in [0.15, 0.2) is 0 Å². The van der Waals surface area contributed by atoms with Crippen molar-refractivity contribution in [2.75, 3.05) is 33.2 Å². The van der Waals surface area contributed by atoms with Crippen LogP contribution < -0.4 is 21.3 Å². The first kappa shape index (κ1) is 16.4. The predicted molar refractivity (Wildman–Crippen MR) is 74.1 cm³/mol. The highest BCUT2D eigenvalue weighted by molar-refractivity contribution is 5.97. The maximum absolute atomic E-state index is 12.0. The van der Waals surface area contributed by atoms with E-state index < -0.39 is 24.0 Å². The molecule has 1 saturated heterocycles. The van der Waals surface area contributed by atoms with E-state index in [-0.39, 0.29) is 5.91 Å². The first-order valence-corrected chi connectivity index (χ1v) is 6.78. The van der Waals surface area contributed by atoms with Gasteiger partial charge >= 0.3 is 6.03 Å². The van der Waals surface area contributed by atoms with Gasteiger partial charge in [-0.1, -0.05) is 0 Å². The number of imide groups is 1. The fourth-order valence-electron chi connectivity index (χ4n) is 2.15. The van der Waals surface area contributed by atoms with E-state index >= 15 is 0 Å². The zero-order chi connectivity index (χ0) is 15.1. The van der Waals surface area contributed by atoms with Gasteiger partial charge < -0.3 is 16.0 Å². The molecule has 8 heteroatoms. The second kappa shape index (κ2) is 7.81. The second-order valence-electron chi connectivity index (χ2n) is 4.60. The lowest BCUT2D eigenvalue weighted by Gasteiger charge is -2.38. The Kier molecular flexibility index (Phi) is 6.40. The summed E-state index contributed by atoms with van der Waals surface area (Å²) in [6.45, 7) is 5.85. The molecule has 4 N–H and O–H groups in total. The SMILES string of the molecule is CCNC(=O)C1CNCCN1C(C)C(=O)NC(=O)NC. The number of nitrogens with zero attached hydrogens (tertiary/aromatic N) is 1. The zero-order valence-corrected chi connectivity index (χ0v) is 12.2. The predicted octanol–water partition coefficient (Wildman–Crippen LogP) is -1.76. The fourth-order valence-corrected chi connectivity index (χ4v) is 2.15. The summed E-state index contributed by atoms with van der Waals surface area (Å²) in [7, 11) is 1.44. The fraction of sp³-hybridized carbons (Fsp3) is 0.750. The van der Waals surface area contributed by atoms with Crippen LogP contribution in [0.3, 0.4) is 0 Å². The third-order valence-corrected chi connectivity index (χ3v) is 3.28. The van der Waals surface area contributed by atoms with Crippen LogP contribution >= 0.6 is 0 Å². The maximum atomic E-state index is 12.0. The highest BCUT2D eigenvalue weighted by Crippen LogP contribution is 2.09. The molecule has 2 unspecified atom stereocenters. The number of rotatable bonds is 4. The van der Waals surface area contributed by atoms with E-state index in [4.69, 9.17) is 0 Å². The molecular formula is C12H23N5O3. The molecule has 1 rings (SSSR count). The van der Waals surface area contributed by atoms with Crippen molar-refractivity contribution in [3.05, 3.63) is 0 Å². The number of hydrogen-bond donors (Lipinski definition) is 4. The van der Waals surface area contributed by atoms with Crippen molar-refractivity contribution in [3.63, 3.8) is 0 Å². The van der Waals surface area contributed by atoms with Crippen molar-refractivity contribution in [2.45, 2.75) is 25.9 Å². The van der Waals surface area contributed by atoms with Crippen LogP contribution in [0.25, 0.3) is 0 Å². The van der Waals surface area contributed by atoms with E-state index in [0.717, 1.165) is 0 Å². The molecule has 1 aliphatic rings. The van der Waals surface area contributed by atoms with E-state index in [9.17, 15) is 14.4 Å². The molecule has 0 bridgehead atoms. The van der Waals surface area contributed by atoms with E-state index in [1.54, 1.807) is 11.8 Å². The molecule has 114 valence electrons. The molecule has 8 nitrogen and oxygen atoms in total. The molecule has 20 heavy (non-hydrogen) atoms. The van der Waals surface area contributed by atoms with Gasteiger partial charge in [-0.2, -0.15) is 0 Å². The summed E-state index contributed by atoms with van der Waals surface area (Å²) in [6.07, 6.45) is 0. The highest BCUT2D eigenvalue weighted by Gasteiger charge is 2.34. The molecule has 0 saturated carbocycles. The Morgan fingerprint density at radius 1 is 1.40 bits per heavy atom.